The lowest BCUT2D eigenvalue weighted by molar-refractivity contribution is -0.125. The highest BCUT2D eigenvalue weighted by atomic mass is 16.2. The van der Waals surface area contributed by atoms with Crippen LogP contribution in [0.15, 0.2) is 18.3 Å². The number of aromatic nitrogens is 1. The lowest BCUT2D eigenvalue weighted by atomic mass is 9.87. The van der Waals surface area contributed by atoms with E-state index in [1.165, 1.54) is 12.8 Å². The molecule has 3 aliphatic rings. The third-order valence-electron chi connectivity index (χ3n) is 4.86. The fourth-order valence-electron chi connectivity index (χ4n) is 3.20. The molecule has 4 rings (SSSR count). The van der Waals surface area contributed by atoms with Gasteiger partial charge in [-0.15, -0.1) is 0 Å². The van der Waals surface area contributed by atoms with Gasteiger partial charge in [0.1, 0.15) is 11.4 Å². The second-order valence-electron chi connectivity index (χ2n) is 6.63. The molecule has 0 atom stereocenters. The maximum atomic E-state index is 12.6. The first-order valence-corrected chi connectivity index (χ1v) is 8.21. The molecule has 0 bridgehead atoms. The van der Waals surface area contributed by atoms with Crippen LogP contribution in [0.3, 0.4) is 0 Å². The lowest BCUT2D eigenvalue weighted by Gasteiger charge is -2.36. The van der Waals surface area contributed by atoms with Gasteiger partial charge in [0.2, 0.25) is 0 Å². The first-order chi connectivity index (χ1) is 11.6. The van der Waals surface area contributed by atoms with E-state index in [4.69, 9.17) is 0 Å². The number of nitrogens with zero attached hydrogens (tertiary/aromatic N) is 2. The molecule has 0 unspecified atom stereocenters. The quantitative estimate of drug-likeness (QED) is 0.700. The van der Waals surface area contributed by atoms with Gasteiger partial charge in [0.05, 0.1) is 5.56 Å². The molecule has 126 valence electrons. The van der Waals surface area contributed by atoms with Crippen LogP contribution in [0.1, 0.15) is 36.0 Å². The number of rotatable bonds is 3. The summed E-state index contributed by atoms with van der Waals surface area (Å²) in [5.74, 6) is 0.397. The zero-order valence-electron chi connectivity index (χ0n) is 13.2. The number of imide groups is 1. The van der Waals surface area contributed by atoms with Gasteiger partial charge in [0, 0.05) is 25.3 Å². The molecule has 3 fully saturated rings. The molecule has 3 N–H and O–H groups in total. The van der Waals surface area contributed by atoms with E-state index < -0.39 is 11.6 Å². The van der Waals surface area contributed by atoms with Crippen LogP contribution in [0, 0.1) is 0 Å². The molecule has 24 heavy (non-hydrogen) atoms. The number of amides is 4. The third kappa shape index (κ3) is 2.68. The minimum Gasteiger partial charge on any atom is -0.367 e. The van der Waals surface area contributed by atoms with Crippen molar-refractivity contribution in [1.82, 2.24) is 20.5 Å². The molecule has 4 amide bonds. The average molecular weight is 329 g/mol. The van der Waals surface area contributed by atoms with Gasteiger partial charge < -0.3 is 15.5 Å². The van der Waals surface area contributed by atoms with Crippen molar-refractivity contribution in [2.45, 2.75) is 37.3 Å². The van der Waals surface area contributed by atoms with Crippen LogP contribution in [0.4, 0.5) is 10.6 Å². The highest BCUT2D eigenvalue weighted by Crippen LogP contribution is 2.27. The number of nitrogens with one attached hydrogen (secondary N) is 3. The number of anilines is 1. The van der Waals surface area contributed by atoms with E-state index >= 15 is 0 Å². The zero-order valence-corrected chi connectivity index (χ0v) is 13.2. The van der Waals surface area contributed by atoms with Crippen LogP contribution in [0.25, 0.3) is 0 Å². The van der Waals surface area contributed by atoms with E-state index in [-0.39, 0.29) is 11.8 Å². The van der Waals surface area contributed by atoms with E-state index in [1.54, 1.807) is 17.2 Å². The average Bonchev–Trinajstić information content (AvgIpc) is 3.34. The van der Waals surface area contributed by atoms with Crippen LogP contribution in [-0.4, -0.2) is 52.4 Å². The van der Waals surface area contributed by atoms with Crippen molar-refractivity contribution in [3.63, 3.8) is 0 Å². The van der Waals surface area contributed by atoms with E-state index in [9.17, 15) is 14.4 Å². The van der Waals surface area contributed by atoms with Gasteiger partial charge in [-0.1, -0.05) is 0 Å². The number of piperidine rings is 1. The second-order valence-corrected chi connectivity index (χ2v) is 6.63. The SMILES string of the molecule is O=C1NC(=O)C2(CCN(C(=O)c3ccc(NC4CC4)nc3)CC2)N1. The van der Waals surface area contributed by atoms with Gasteiger partial charge in [0.25, 0.3) is 11.8 Å². The summed E-state index contributed by atoms with van der Waals surface area (Å²) in [7, 11) is 0. The van der Waals surface area contributed by atoms with Gasteiger partial charge >= 0.3 is 6.03 Å². The summed E-state index contributed by atoms with van der Waals surface area (Å²) in [6, 6.07) is 3.66. The molecule has 2 aliphatic heterocycles. The van der Waals surface area contributed by atoms with Crippen molar-refractivity contribution < 1.29 is 14.4 Å². The smallest absolute Gasteiger partial charge is 0.322 e. The van der Waals surface area contributed by atoms with Gasteiger partial charge in [-0.3, -0.25) is 14.9 Å². The Labute approximate surface area is 139 Å². The minimum absolute atomic E-state index is 0.0972. The third-order valence-corrected chi connectivity index (χ3v) is 4.86. The predicted molar refractivity (Wildman–Crippen MR) is 85.4 cm³/mol. The lowest BCUT2D eigenvalue weighted by Crippen LogP contribution is -2.55. The van der Waals surface area contributed by atoms with Crippen LogP contribution in [0.5, 0.6) is 0 Å². The molecular weight excluding hydrogens is 310 g/mol. The molecule has 1 aromatic rings. The Hall–Kier alpha value is -2.64. The number of pyridine rings is 1. The van der Waals surface area contributed by atoms with Crippen molar-refractivity contribution in [2.75, 3.05) is 18.4 Å². The van der Waals surface area contributed by atoms with Crippen LogP contribution < -0.4 is 16.0 Å². The van der Waals surface area contributed by atoms with Gasteiger partial charge in [-0.2, -0.15) is 0 Å². The highest BCUT2D eigenvalue weighted by molar-refractivity contribution is 6.07. The Kier molecular flexibility index (Phi) is 3.40. The summed E-state index contributed by atoms with van der Waals surface area (Å²) in [6.45, 7) is 0.850. The molecule has 3 heterocycles. The molecule has 8 nitrogen and oxygen atoms in total. The maximum Gasteiger partial charge on any atom is 0.322 e. The van der Waals surface area contributed by atoms with Crippen LogP contribution in [-0.2, 0) is 4.79 Å². The summed E-state index contributed by atoms with van der Waals surface area (Å²) in [4.78, 5) is 41.8. The topological polar surface area (TPSA) is 103 Å². The fourth-order valence-corrected chi connectivity index (χ4v) is 3.20. The molecule has 1 spiro atoms. The number of hydrogen-bond acceptors (Lipinski definition) is 5. The summed E-state index contributed by atoms with van der Waals surface area (Å²) in [5, 5.41) is 8.24. The first kappa shape index (κ1) is 14.9. The summed E-state index contributed by atoms with van der Waals surface area (Å²) < 4.78 is 0. The van der Waals surface area contributed by atoms with Gasteiger partial charge in [-0.05, 0) is 37.8 Å². The van der Waals surface area contributed by atoms with Crippen molar-refractivity contribution in [3.8, 4) is 0 Å². The predicted octanol–water partition coefficient (Wildman–Crippen LogP) is 0.470. The number of likely N-dealkylation sites (tertiary alicyclic amines) is 1. The number of urea groups is 1. The largest absolute Gasteiger partial charge is 0.367 e. The molecule has 0 aromatic carbocycles. The molecular formula is C16H19N5O3. The zero-order chi connectivity index (χ0) is 16.7. The Bertz CT molecular complexity index is 690. The fraction of sp³-hybridized carbons (Fsp3) is 0.500. The van der Waals surface area contributed by atoms with Crippen molar-refractivity contribution in [2.24, 2.45) is 0 Å². The normalized spacial score (nSPS) is 22.2. The monoisotopic (exact) mass is 329 g/mol. The molecule has 8 heteroatoms. The number of hydrogen-bond donors (Lipinski definition) is 3. The van der Waals surface area contributed by atoms with E-state index in [2.05, 4.69) is 20.9 Å². The maximum absolute atomic E-state index is 12.6. The first-order valence-electron chi connectivity index (χ1n) is 8.21. The van der Waals surface area contributed by atoms with Gasteiger partial charge in [-0.25, -0.2) is 9.78 Å². The molecule has 2 saturated heterocycles. The van der Waals surface area contributed by atoms with Crippen molar-refractivity contribution >= 4 is 23.7 Å². The van der Waals surface area contributed by atoms with Gasteiger partial charge in [0.15, 0.2) is 0 Å². The minimum atomic E-state index is -0.857. The molecule has 1 aliphatic carbocycles. The Morgan fingerprint density at radius 1 is 1.25 bits per heavy atom. The molecule has 1 saturated carbocycles. The van der Waals surface area contributed by atoms with E-state index in [0.29, 0.717) is 37.5 Å². The summed E-state index contributed by atoms with van der Waals surface area (Å²) >= 11 is 0. The standard InChI is InChI=1S/C16H19N5O3/c22-13(10-1-4-12(17-9-10)18-11-2-3-11)21-7-5-16(6-8-21)14(23)19-15(24)20-16/h1,4,9,11H,2-3,5-8H2,(H,17,18)(H2,19,20,23,24). The second kappa shape index (κ2) is 5.47. The van der Waals surface area contributed by atoms with Crippen LogP contribution >= 0.6 is 0 Å². The van der Waals surface area contributed by atoms with Crippen LogP contribution in [0.2, 0.25) is 0 Å². The number of carbonyl (C=O) groups excluding carboxylic acids is 3. The van der Waals surface area contributed by atoms with Crippen molar-refractivity contribution in [1.29, 1.82) is 0 Å². The molecule has 0 radical (unpaired) electrons. The Morgan fingerprint density at radius 3 is 2.54 bits per heavy atom. The van der Waals surface area contributed by atoms with E-state index in [0.717, 1.165) is 5.82 Å². The van der Waals surface area contributed by atoms with Crippen molar-refractivity contribution in [3.05, 3.63) is 23.9 Å². The Morgan fingerprint density at radius 2 is 2.00 bits per heavy atom. The van der Waals surface area contributed by atoms with E-state index in [1.807, 2.05) is 6.07 Å². The summed E-state index contributed by atoms with van der Waals surface area (Å²) in [6.07, 6.45) is 4.77. The Balaban J connectivity index is 1.39. The summed E-state index contributed by atoms with van der Waals surface area (Å²) in [5.41, 5.74) is -0.323. The highest BCUT2D eigenvalue weighted by Gasteiger charge is 2.48. The number of carbonyl (C=O) groups is 3. The molecule has 1 aromatic heterocycles.